The largest absolute Gasteiger partial charge is 0.355 e. The first-order valence-corrected chi connectivity index (χ1v) is 8.73. The third-order valence-electron chi connectivity index (χ3n) is 4.55. The molecule has 24 heavy (non-hydrogen) atoms. The molecule has 3 rings (SSSR count). The molecule has 1 aromatic carbocycles. The van der Waals surface area contributed by atoms with Crippen molar-refractivity contribution in [1.29, 1.82) is 0 Å². The summed E-state index contributed by atoms with van der Waals surface area (Å²) in [6.07, 6.45) is 4.14. The van der Waals surface area contributed by atoms with Crippen LogP contribution in [-0.4, -0.2) is 29.2 Å². The maximum Gasteiger partial charge on any atom is 0.276 e. The Balaban J connectivity index is 1.78. The van der Waals surface area contributed by atoms with Crippen molar-refractivity contribution in [3.8, 4) is 0 Å². The van der Waals surface area contributed by atoms with Crippen LogP contribution >= 0.6 is 0 Å². The third-order valence-corrected chi connectivity index (χ3v) is 4.55. The molecule has 0 unspecified atom stereocenters. The van der Waals surface area contributed by atoms with Crippen LogP contribution in [0.2, 0.25) is 0 Å². The van der Waals surface area contributed by atoms with E-state index in [-0.39, 0.29) is 5.91 Å². The van der Waals surface area contributed by atoms with Crippen LogP contribution in [0.4, 0.5) is 11.5 Å². The third kappa shape index (κ3) is 3.40. The van der Waals surface area contributed by atoms with E-state index in [4.69, 9.17) is 0 Å². The number of para-hydroxylation sites is 1. The highest BCUT2D eigenvalue weighted by atomic mass is 16.1. The van der Waals surface area contributed by atoms with Gasteiger partial charge in [0.15, 0.2) is 11.5 Å². The van der Waals surface area contributed by atoms with Gasteiger partial charge in [-0.1, -0.05) is 32.0 Å². The van der Waals surface area contributed by atoms with E-state index in [1.165, 1.54) is 12.8 Å². The van der Waals surface area contributed by atoms with Crippen molar-refractivity contribution in [3.05, 3.63) is 47.2 Å². The summed E-state index contributed by atoms with van der Waals surface area (Å²) in [6.45, 7) is 6.22. The van der Waals surface area contributed by atoms with Crippen molar-refractivity contribution in [3.63, 3.8) is 0 Å². The summed E-state index contributed by atoms with van der Waals surface area (Å²) in [5.41, 5.74) is 3.55. The second kappa shape index (κ2) is 7.43. The van der Waals surface area contributed by atoms with Gasteiger partial charge >= 0.3 is 0 Å². The van der Waals surface area contributed by atoms with Crippen molar-refractivity contribution >= 4 is 17.4 Å². The molecule has 126 valence electrons. The Morgan fingerprint density at radius 1 is 1.04 bits per heavy atom. The number of hydrogen-bond acceptors (Lipinski definition) is 4. The summed E-state index contributed by atoms with van der Waals surface area (Å²) < 4.78 is 0. The molecule has 1 aliphatic rings. The number of aromatic nitrogens is 2. The summed E-state index contributed by atoms with van der Waals surface area (Å²) in [5.74, 6) is 0.651. The zero-order valence-corrected chi connectivity index (χ0v) is 14.4. The molecule has 0 atom stereocenters. The first-order chi connectivity index (χ1) is 11.7. The van der Waals surface area contributed by atoms with Gasteiger partial charge in [-0.15, -0.1) is 10.2 Å². The second-order valence-electron chi connectivity index (χ2n) is 6.08. The molecule has 1 saturated heterocycles. The summed E-state index contributed by atoms with van der Waals surface area (Å²) in [4.78, 5) is 14.8. The van der Waals surface area contributed by atoms with E-state index < -0.39 is 0 Å². The molecule has 0 bridgehead atoms. The highest BCUT2D eigenvalue weighted by Crippen LogP contribution is 2.23. The molecule has 2 aromatic rings. The fourth-order valence-electron chi connectivity index (χ4n) is 3.14. The molecule has 0 aliphatic carbocycles. The molecule has 5 heteroatoms. The summed E-state index contributed by atoms with van der Waals surface area (Å²) in [7, 11) is 0. The quantitative estimate of drug-likeness (QED) is 0.915. The van der Waals surface area contributed by atoms with Gasteiger partial charge in [0, 0.05) is 18.8 Å². The van der Waals surface area contributed by atoms with Gasteiger partial charge in [-0.2, -0.15) is 0 Å². The van der Waals surface area contributed by atoms with Crippen LogP contribution in [0.3, 0.4) is 0 Å². The van der Waals surface area contributed by atoms with Crippen molar-refractivity contribution in [2.45, 2.75) is 39.5 Å². The molecular weight excluding hydrogens is 300 g/mol. The van der Waals surface area contributed by atoms with Crippen LogP contribution in [0.5, 0.6) is 0 Å². The smallest absolute Gasteiger partial charge is 0.276 e. The minimum atomic E-state index is -0.203. The molecule has 1 fully saturated rings. The lowest BCUT2D eigenvalue weighted by Gasteiger charge is -2.16. The van der Waals surface area contributed by atoms with Gasteiger partial charge in [0.25, 0.3) is 5.91 Å². The van der Waals surface area contributed by atoms with Gasteiger partial charge in [-0.25, -0.2) is 0 Å². The molecular formula is C19H24N4O. The normalized spacial score (nSPS) is 14.0. The lowest BCUT2D eigenvalue weighted by molar-refractivity contribution is 0.102. The minimum absolute atomic E-state index is 0.203. The van der Waals surface area contributed by atoms with Crippen LogP contribution in [0.15, 0.2) is 30.3 Å². The number of aryl methyl sites for hydroxylation is 2. The van der Waals surface area contributed by atoms with Crippen LogP contribution in [-0.2, 0) is 12.8 Å². The fraction of sp³-hybridized carbons (Fsp3) is 0.421. The Labute approximate surface area is 143 Å². The van der Waals surface area contributed by atoms with Crippen LogP contribution < -0.4 is 10.2 Å². The zero-order valence-electron chi connectivity index (χ0n) is 14.4. The molecule has 1 aromatic heterocycles. The molecule has 0 saturated carbocycles. The van der Waals surface area contributed by atoms with Gasteiger partial charge in [-0.3, -0.25) is 4.79 Å². The van der Waals surface area contributed by atoms with E-state index in [1.54, 1.807) is 6.07 Å². The van der Waals surface area contributed by atoms with Crippen LogP contribution in [0, 0.1) is 0 Å². The molecule has 1 aliphatic heterocycles. The monoisotopic (exact) mass is 324 g/mol. The number of rotatable bonds is 5. The fourth-order valence-corrected chi connectivity index (χ4v) is 3.14. The average molecular weight is 324 g/mol. The van der Waals surface area contributed by atoms with Gasteiger partial charge in [0.05, 0.1) is 0 Å². The molecule has 1 N–H and O–H groups in total. The number of nitrogens with one attached hydrogen (secondary N) is 1. The Hall–Kier alpha value is -2.43. The number of carbonyl (C=O) groups excluding carboxylic acids is 1. The predicted octanol–water partition coefficient (Wildman–Crippen LogP) is 3.45. The van der Waals surface area contributed by atoms with Crippen molar-refractivity contribution in [1.82, 2.24) is 10.2 Å². The van der Waals surface area contributed by atoms with Crippen molar-refractivity contribution in [2.24, 2.45) is 0 Å². The van der Waals surface area contributed by atoms with E-state index in [2.05, 4.69) is 46.4 Å². The number of anilines is 2. The Morgan fingerprint density at radius 2 is 1.71 bits per heavy atom. The molecule has 0 spiro atoms. The van der Waals surface area contributed by atoms with Crippen molar-refractivity contribution < 1.29 is 4.79 Å². The first-order valence-electron chi connectivity index (χ1n) is 8.73. The van der Waals surface area contributed by atoms with Gasteiger partial charge in [0.1, 0.15) is 0 Å². The van der Waals surface area contributed by atoms with Crippen LogP contribution in [0.25, 0.3) is 0 Å². The summed E-state index contributed by atoms with van der Waals surface area (Å²) >= 11 is 0. The summed E-state index contributed by atoms with van der Waals surface area (Å²) in [5, 5.41) is 11.4. The number of benzene rings is 1. The maximum absolute atomic E-state index is 12.6. The van der Waals surface area contributed by atoms with E-state index in [0.717, 1.165) is 48.6 Å². The van der Waals surface area contributed by atoms with Gasteiger partial charge in [-0.05, 0) is 48.9 Å². The highest BCUT2D eigenvalue weighted by molar-refractivity contribution is 6.03. The van der Waals surface area contributed by atoms with Crippen LogP contribution in [0.1, 0.15) is 48.3 Å². The number of carbonyl (C=O) groups is 1. The second-order valence-corrected chi connectivity index (χ2v) is 6.08. The lowest BCUT2D eigenvalue weighted by Crippen LogP contribution is -2.21. The zero-order chi connectivity index (χ0) is 16.9. The Bertz CT molecular complexity index is 684. The number of nitrogens with zero attached hydrogens (tertiary/aromatic N) is 3. The topological polar surface area (TPSA) is 58.1 Å². The molecule has 2 heterocycles. The predicted molar refractivity (Wildman–Crippen MR) is 96.6 cm³/mol. The highest BCUT2D eigenvalue weighted by Gasteiger charge is 2.16. The molecule has 5 nitrogen and oxygen atoms in total. The average Bonchev–Trinajstić information content (AvgIpc) is 3.16. The Kier molecular flexibility index (Phi) is 5.08. The minimum Gasteiger partial charge on any atom is -0.355 e. The Morgan fingerprint density at radius 3 is 2.25 bits per heavy atom. The van der Waals surface area contributed by atoms with Crippen molar-refractivity contribution in [2.75, 3.05) is 23.3 Å². The molecule has 0 radical (unpaired) electrons. The lowest BCUT2D eigenvalue weighted by atomic mass is 10.0. The SMILES string of the molecule is CCc1cccc(CC)c1NC(=O)c1ccc(N2CCCC2)nn1. The standard InChI is InChI=1S/C19H24N4O/c1-3-14-8-7-9-15(4-2)18(14)20-19(24)16-10-11-17(22-21-16)23-12-5-6-13-23/h7-11H,3-6,12-13H2,1-2H3,(H,20,24). The number of hydrogen-bond donors (Lipinski definition) is 1. The molecule has 1 amide bonds. The number of amides is 1. The van der Waals surface area contributed by atoms with E-state index in [0.29, 0.717) is 5.69 Å². The van der Waals surface area contributed by atoms with E-state index in [9.17, 15) is 4.79 Å². The van der Waals surface area contributed by atoms with Gasteiger partial charge in [0.2, 0.25) is 0 Å². The first kappa shape index (κ1) is 16.4. The van der Waals surface area contributed by atoms with E-state index in [1.807, 2.05) is 12.1 Å². The summed E-state index contributed by atoms with van der Waals surface area (Å²) in [6, 6.07) is 9.79. The van der Waals surface area contributed by atoms with E-state index >= 15 is 0 Å². The maximum atomic E-state index is 12.6. The van der Waals surface area contributed by atoms with Gasteiger partial charge < -0.3 is 10.2 Å².